The zero-order chi connectivity index (χ0) is 9.52. The Morgan fingerprint density at radius 3 is 2.86 bits per heavy atom. The predicted octanol–water partition coefficient (Wildman–Crippen LogP) is 3.04. The van der Waals surface area contributed by atoms with Crippen molar-refractivity contribution in [2.75, 3.05) is 12.0 Å². The standard InChI is InChI=1S/C10H18N2S.Pt/c1-3-4-5-9(8-13-2)10-11-6-7-12-10;/h6-7,9H,3-5,8H2,1-2H3,(H,11,12);. The SMILES string of the molecule is CCCCC(CSC)c1ncc[nH]1.[Pt]. The van der Waals surface area contributed by atoms with Gasteiger partial charge < -0.3 is 4.98 Å². The van der Waals surface area contributed by atoms with Crippen molar-refractivity contribution in [3.05, 3.63) is 18.2 Å². The zero-order valence-electron chi connectivity index (χ0n) is 8.73. The molecule has 1 N–H and O–H groups in total. The monoisotopic (exact) mass is 393 g/mol. The van der Waals surface area contributed by atoms with Gasteiger partial charge in [0.1, 0.15) is 5.82 Å². The first-order chi connectivity index (χ1) is 6.38. The Balaban J connectivity index is 0.00000169. The number of thioether (sulfide) groups is 1. The molecular weight excluding hydrogens is 375 g/mol. The van der Waals surface area contributed by atoms with Crippen LogP contribution in [0.5, 0.6) is 0 Å². The van der Waals surface area contributed by atoms with Gasteiger partial charge in [-0.15, -0.1) is 0 Å². The summed E-state index contributed by atoms with van der Waals surface area (Å²) in [7, 11) is 0. The molecule has 0 fully saturated rings. The topological polar surface area (TPSA) is 28.7 Å². The Morgan fingerprint density at radius 2 is 2.36 bits per heavy atom. The number of unbranched alkanes of at least 4 members (excludes halogenated alkanes) is 1. The van der Waals surface area contributed by atoms with Crippen molar-refractivity contribution in [3.8, 4) is 0 Å². The van der Waals surface area contributed by atoms with Gasteiger partial charge in [0.15, 0.2) is 0 Å². The number of aromatic nitrogens is 2. The van der Waals surface area contributed by atoms with E-state index in [1.807, 2.05) is 24.2 Å². The predicted molar refractivity (Wildman–Crippen MR) is 59.2 cm³/mol. The third kappa shape index (κ3) is 4.65. The summed E-state index contributed by atoms with van der Waals surface area (Å²) < 4.78 is 0. The first-order valence-corrected chi connectivity index (χ1v) is 6.26. The van der Waals surface area contributed by atoms with Gasteiger partial charge in [-0.2, -0.15) is 11.8 Å². The van der Waals surface area contributed by atoms with Crippen LogP contribution >= 0.6 is 11.8 Å². The van der Waals surface area contributed by atoms with E-state index in [0.717, 1.165) is 5.82 Å². The minimum Gasteiger partial charge on any atom is -0.348 e. The second kappa shape index (κ2) is 8.55. The van der Waals surface area contributed by atoms with Crippen molar-refractivity contribution < 1.29 is 21.1 Å². The molecule has 0 amide bonds. The molecule has 0 bridgehead atoms. The van der Waals surface area contributed by atoms with Crippen molar-refractivity contribution in [3.63, 3.8) is 0 Å². The van der Waals surface area contributed by atoms with Crippen LogP contribution in [0.1, 0.15) is 37.9 Å². The number of nitrogens with one attached hydrogen (secondary N) is 1. The molecule has 1 unspecified atom stereocenters. The Labute approximate surface area is 105 Å². The van der Waals surface area contributed by atoms with Crippen molar-refractivity contribution in [1.82, 2.24) is 9.97 Å². The van der Waals surface area contributed by atoms with Crippen molar-refractivity contribution in [2.24, 2.45) is 0 Å². The Hall–Kier alpha value is 0.248. The number of H-pyrrole nitrogens is 1. The summed E-state index contributed by atoms with van der Waals surface area (Å²) in [6.45, 7) is 2.23. The number of hydrogen-bond donors (Lipinski definition) is 1. The average Bonchev–Trinajstić information content (AvgIpc) is 2.65. The largest absolute Gasteiger partial charge is 0.348 e. The van der Waals surface area contributed by atoms with Crippen LogP contribution in [0.3, 0.4) is 0 Å². The van der Waals surface area contributed by atoms with Gasteiger partial charge in [0.2, 0.25) is 0 Å². The molecule has 0 saturated heterocycles. The van der Waals surface area contributed by atoms with Gasteiger partial charge in [-0.25, -0.2) is 4.98 Å². The molecule has 1 heterocycles. The Kier molecular flexibility index (Phi) is 8.70. The van der Waals surface area contributed by atoms with Crippen LogP contribution < -0.4 is 0 Å². The molecule has 0 aliphatic rings. The third-order valence-electron chi connectivity index (χ3n) is 2.18. The molecule has 14 heavy (non-hydrogen) atoms. The van der Waals surface area contributed by atoms with Crippen LogP contribution in [-0.4, -0.2) is 22.0 Å². The molecule has 0 spiro atoms. The van der Waals surface area contributed by atoms with Gasteiger partial charge in [-0.1, -0.05) is 19.8 Å². The Morgan fingerprint density at radius 1 is 1.57 bits per heavy atom. The van der Waals surface area contributed by atoms with Crippen LogP contribution in [0.2, 0.25) is 0 Å². The van der Waals surface area contributed by atoms with E-state index in [9.17, 15) is 0 Å². The van der Waals surface area contributed by atoms with Crippen molar-refractivity contribution >= 4 is 11.8 Å². The molecule has 1 rings (SSSR count). The van der Waals surface area contributed by atoms with Gasteiger partial charge in [-0.05, 0) is 12.7 Å². The van der Waals surface area contributed by atoms with Gasteiger partial charge in [0.05, 0.1) is 0 Å². The molecule has 0 aliphatic heterocycles. The van der Waals surface area contributed by atoms with E-state index in [-0.39, 0.29) is 21.1 Å². The van der Waals surface area contributed by atoms with Crippen molar-refractivity contribution in [2.45, 2.75) is 32.1 Å². The quantitative estimate of drug-likeness (QED) is 0.805. The number of rotatable bonds is 6. The zero-order valence-corrected chi connectivity index (χ0v) is 11.8. The van der Waals surface area contributed by atoms with E-state index in [1.165, 1.54) is 25.0 Å². The van der Waals surface area contributed by atoms with Crippen LogP contribution in [0, 0.1) is 0 Å². The summed E-state index contributed by atoms with van der Waals surface area (Å²) >= 11 is 1.90. The summed E-state index contributed by atoms with van der Waals surface area (Å²) in [5.74, 6) is 2.95. The van der Waals surface area contributed by atoms with Crippen LogP contribution in [-0.2, 0) is 21.1 Å². The van der Waals surface area contributed by atoms with Crippen LogP contribution in [0.15, 0.2) is 12.4 Å². The van der Waals surface area contributed by atoms with E-state index in [4.69, 9.17) is 0 Å². The minimum atomic E-state index is 0. The van der Waals surface area contributed by atoms with E-state index in [1.54, 1.807) is 0 Å². The molecule has 1 aromatic heterocycles. The second-order valence-electron chi connectivity index (χ2n) is 3.27. The molecule has 84 valence electrons. The van der Waals surface area contributed by atoms with Gasteiger partial charge in [-0.3, -0.25) is 0 Å². The van der Waals surface area contributed by atoms with Gasteiger partial charge in [0.25, 0.3) is 0 Å². The molecule has 1 aromatic rings. The molecule has 2 nitrogen and oxygen atoms in total. The normalized spacial score (nSPS) is 12.1. The first kappa shape index (κ1) is 14.2. The molecule has 0 aliphatic carbocycles. The average molecular weight is 393 g/mol. The Bertz CT molecular complexity index is 214. The fourth-order valence-electron chi connectivity index (χ4n) is 1.45. The summed E-state index contributed by atoms with van der Waals surface area (Å²) in [5, 5.41) is 0. The molecular formula is C10H18N2PtS. The maximum atomic E-state index is 4.32. The number of nitrogens with zero attached hydrogens (tertiary/aromatic N) is 1. The fourth-order valence-corrected chi connectivity index (χ4v) is 2.18. The van der Waals surface area contributed by atoms with Crippen molar-refractivity contribution in [1.29, 1.82) is 0 Å². The van der Waals surface area contributed by atoms with E-state index in [2.05, 4.69) is 23.1 Å². The smallest absolute Gasteiger partial charge is 0.109 e. The molecule has 4 heteroatoms. The van der Waals surface area contributed by atoms with Gasteiger partial charge in [0, 0.05) is 45.1 Å². The number of aromatic amines is 1. The third-order valence-corrected chi connectivity index (χ3v) is 2.92. The fraction of sp³-hybridized carbons (Fsp3) is 0.700. The maximum absolute atomic E-state index is 4.32. The number of imidazole rings is 1. The van der Waals surface area contributed by atoms with E-state index < -0.39 is 0 Å². The second-order valence-corrected chi connectivity index (χ2v) is 4.18. The van der Waals surface area contributed by atoms with Gasteiger partial charge >= 0.3 is 0 Å². The minimum absolute atomic E-state index is 0. The summed E-state index contributed by atoms with van der Waals surface area (Å²) in [6, 6.07) is 0. The van der Waals surface area contributed by atoms with E-state index >= 15 is 0 Å². The summed E-state index contributed by atoms with van der Waals surface area (Å²) in [4.78, 5) is 7.53. The molecule has 0 saturated carbocycles. The number of hydrogen-bond acceptors (Lipinski definition) is 2. The van der Waals surface area contributed by atoms with Crippen LogP contribution in [0.4, 0.5) is 0 Å². The molecule has 1 atom stereocenters. The summed E-state index contributed by atoms with van der Waals surface area (Å²) in [6.07, 6.45) is 9.73. The maximum Gasteiger partial charge on any atom is 0.109 e. The first-order valence-electron chi connectivity index (χ1n) is 4.86. The summed E-state index contributed by atoms with van der Waals surface area (Å²) in [5.41, 5.74) is 0. The molecule has 0 aromatic carbocycles. The molecule has 0 radical (unpaired) electrons. The van der Waals surface area contributed by atoms with Crippen LogP contribution in [0.25, 0.3) is 0 Å². The van der Waals surface area contributed by atoms with E-state index in [0.29, 0.717) is 5.92 Å².